The van der Waals surface area contributed by atoms with Gasteiger partial charge < -0.3 is 15.1 Å². The van der Waals surface area contributed by atoms with E-state index in [1.807, 2.05) is 4.90 Å². The highest BCUT2D eigenvalue weighted by atomic mass is 16.5. The van der Waals surface area contributed by atoms with E-state index in [-0.39, 0.29) is 5.91 Å². The second-order valence-corrected chi connectivity index (χ2v) is 4.77. The summed E-state index contributed by atoms with van der Waals surface area (Å²) < 4.78 is 5.15. The smallest absolute Gasteiger partial charge is 0.272 e. The van der Waals surface area contributed by atoms with Crippen LogP contribution in [0, 0.1) is 5.92 Å². The van der Waals surface area contributed by atoms with Crippen LogP contribution in [0.2, 0.25) is 0 Å². The van der Waals surface area contributed by atoms with Crippen LogP contribution < -0.4 is 11.3 Å². The number of amides is 1. The molecule has 2 heterocycles. The van der Waals surface area contributed by atoms with Crippen molar-refractivity contribution in [3.8, 4) is 0 Å². The maximum Gasteiger partial charge on any atom is 0.272 e. The lowest BCUT2D eigenvalue weighted by molar-refractivity contribution is 0.0608. The number of hydrazine groups is 1. The molecule has 0 aromatic carbocycles. The summed E-state index contributed by atoms with van der Waals surface area (Å²) in [7, 11) is 1.72. The van der Waals surface area contributed by atoms with Crippen LogP contribution >= 0.6 is 0 Å². The number of nitrogen functional groups attached to an aromatic ring is 1. The molecule has 0 spiro atoms. The fraction of sp³-hybridized carbons (Fsp3) is 0.538. The van der Waals surface area contributed by atoms with Crippen molar-refractivity contribution >= 4 is 11.6 Å². The summed E-state index contributed by atoms with van der Waals surface area (Å²) in [6.45, 7) is 2.31. The molecule has 0 saturated carbocycles. The highest BCUT2D eigenvalue weighted by Gasteiger charge is 2.24. The number of nitrogens with one attached hydrogen (secondary N) is 1. The average Bonchev–Trinajstić information content (AvgIpc) is 2.48. The molecular formula is C13H20N4O2. The van der Waals surface area contributed by atoms with Crippen LogP contribution in [0.1, 0.15) is 23.3 Å². The van der Waals surface area contributed by atoms with Gasteiger partial charge in [0.1, 0.15) is 5.69 Å². The van der Waals surface area contributed by atoms with Gasteiger partial charge in [-0.3, -0.25) is 10.6 Å². The third-order valence-electron chi connectivity index (χ3n) is 3.45. The Bertz CT molecular complexity index is 413. The van der Waals surface area contributed by atoms with E-state index in [0.717, 1.165) is 32.5 Å². The predicted octanol–water partition coefficient (Wildman–Crippen LogP) is 0.866. The number of anilines is 1. The highest BCUT2D eigenvalue weighted by Crippen LogP contribution is 2.19. The van der Waals surface area contributed by atoms with Gasteiger partial charge in [0.05, 0.1) is 11.9 Å². The average molecular weight is 264 g/mol. The maximum atomic E-state index is 12.2. The number of nitrogens with two attached hydrogens (primary N) is 1. The Hall–Kier alpha value is -1.66. The van der Waals surface area contributed by atoms with Crippen molar-refractivity contribution in [2.24, 2.45) is 11.8 Å². The molecule has 0 atom stereocenters. The molecule has 1 aromatic rings. The minimum absolute atomic E-state index is 0.0144. The van der Waals surface area contributed by atoms with Gasteiger partial charge in [-0.2, -0.15) is 0 Å². The Kier molecular flexibility index (Phi) is 4.70. The van der Waals surface area contributed by atoms with E-state index in [1.165, 1.54) is 0 Å². The standard InChI is InChI=1S/C13H20N4O2/c1-19-9-10-4-6-17(7-5-10)13(18)12-3-2-11(16-14)8-15-12/h2-3,8,10,16H,4-7,9,14H2,1H3. The number of carbonyl (C=O) groups is 1. The zero-order valence-electron chi connectivity index (χ0n) is 11.1. The molecular weight excluding hydrogens is 244 g/mol. The Labute approximate surface area is 112 Å². The van der Waals surface area contributed by atoms with Crippen molar-refractivity contribution in [3.63, 3.8) is 0 Å². The molecule has 1 aliphatic heterocycles. The van der Waals surface area contributed by atoms with Gasteiger partial charge in [-0.1, -0.05) is 0 Å². The topological polar surface area (TPSA) is 80.5 Å². The molecule has 0 aliphatic carbocycles. The van der Waals surface area contributed by atoms with Gasteiger partial charge in [-0.25, -0.2) is 4.98 Å². The lowest BCUT2D eigenvalue weighted by atomic mass is 9.97. The van der Waals surface area contributed by atoms with Crippen molar-refractivity contribution in [3.05, 3.63) is 24.0 Å². The minimum Gasteiger partial charge on any atom is -0.384 e. The van der Waals surface area contributed by atoms with Gasteiger partial charge in [0.15, 0.2) is 0 Å². The molecule has 0 bridgehead atoms. The third kappa shape index (κ3) is 3.42. The largest absolute Gasteiger partial charge is 0.384 e. The van der Waals surface area contributed by atoms with E-state index < -0.39 is 0 Å². The van der Waals surface area contributed by atoms with Crippen LogP contribution in [0.5, 0.6) is 0 Å². The lowest BCUT2D eigenvalue weighted by Crippen LogP contribution is -2.39. The van der Waals surface area contributed by atoms with E-state index in [9.17, 15) is 4.79 Å². The fourth-order valence-electron chi connectivity index (χ4n) is 2.31. The van der Waals surface area contributed by atoms with Gasteiger partial charge in [0, 0.05) is 26.8 Å². The molecule has 1 aromatic heterocycles. The molecule has 0 radical (unpaired) electrons. The highest BCUT2D eigenvalue weighted by molar-refractivity contribution is 5.92. The van der Waals surface area contributed by atoms with Gasteiger partial charge >= 0.3 is 0 Å². The normalized spacial score (nSPS) is 16.4. The molecule has 6 heteroatoms. The van der Waals surface area contributed by atoms with Crippen LogP contribution in [0.15, 0.2) is 18.3 Å². The zero-order valence-corrected chi connectivity index (χ0v) is 11.1. The Balaban J connectivity index is 1.93. The number of piperidine rings is 1. The number of aromatic nitrogens is 1. The number of hydrogen-bond donors (Lipinski definition) is 2. The second-order valence-electron chi connectivity index (χ2n) is 4.77. The van der Waals surface area contributed by atoms with E-state index in [0.29, 0.717) is 17.3 Å². The van der Waals surface area contributed by atoms with Gasteiger partial charge in [0.25, 0.3) is 5.91 Å². The van der Waals surface area contributed by atoms with Gasteiger partial charge in [-0.15, -0.1) is 0 Å². The van der Waals surface area contributed by atoms with Crippen LogP contribution in [0.3, 0.4) is 0 Å². The van der Waals surface area contributed by atoms with Crippen LogP contribution in [-0.4, -0.2) is 42.6 Å². The Morgan fingerprint density at radius 1 is 1.53 bits per heavy atom. The van der Waals surface area contributed by atoms with Crippen molar-refractivity contribution in [2.75, 3.05) is 32.2 Å². The van der Waals surface area contributed by atoms with E-state index in [1.54, 1.807) is 25.4 Å². The van der Waals surface area contributed by atoms with E-state index in [4.69, 9.17) is 10.6 Å². The second kappa shape index (κ2) is 6.49. The Morgan fingerprint density at radius 3 is 2.79 bits per heavy atom. The zero-order chi connectivity index (χ0) is 13.7. The Morgan fingerprint density at radius 2 is 2.26 bits per heavy atom. The van der Waals surface area contributed by atoms with Gasteiger partial charge in [-0.05, 0) is 30.9 Å². The first-order chi connectivity index (χ1) is 9.24. The first-order valence-corrected chi connectivity index (χ1v) is 6.45. The van der Waals surface area contributed by atoms with Crippen LogP contribution in [0.25, 0.3) is 0 Å². The number of likely N-dealkylation sites (tertiary alicyclic amines) is 1. The lowest BCUT2D eigenvalue weighted by Gasteiger charge is -2.31. The van der Waals surface area contributed by atoms with Crippen LogP contribution in [0.4, 0.5) is 5.69 Å². The number of pyridine rings is 1. The molecule has 0 unspecified atom stereocenters. The SMILES string of the molecule is COCC1CCN(C(=O)c2ccc(NN)cn2)CC1. The summed E-state index contributed by atoms with van der Waals surface area (Å²) in [5, 5.41) is 0. The molecule has 3 N–H and O–H groups in total. The quantitative estimate of drug-likeness (QED) is 0.623. The predicted molar refractivity (Wildman–Crippen MR) is 72.6 cm³/mol. The molecule has 1 saturated heterocycles. The van der Waals surface area contributed by atoms with Gasteiger partial charge in [0.2, 0.25) is 0 Å². The monoisotopic (exact) mass is 264 g/mol. The first-order valence-electron chi connectivity index (χ1n) is 6.45. The van der Waals surface area contributed by atoms with Crippen LogP contribution in [-0.2, 0) is 4.74 Å². The van der Waals surface area contributed by atoms with Crippen molar-refractivity contribution in [1.82, 2.24) is 9.88 Å². The number of carbonyl (C=O) groups excluding carboxylic acids is 1. The summed E-state index contributed by atoms with van der Waals surface area (Å²) in [5.74, 6) is 5.81. The summed E-state index contributed by atoms with van der Waals surface area (Å²) in [5.41, 5.74) is 3.64. The van der Waals surface area contributed by atoms with E-state index >= 15 is 0 Å². The number of methoxy groups -OCH3 is 1. The van der Waals surface area contributed by atoms with E-state index in [2.05, 4.69) is 10.4 Å². The summed E-state index contributed by atoms with van der Waals surface area (Å²) in [6.07, 6.45) is 3.54. The third-order valence-corrected chi connectivity index (χ3v) is 3.45. The summed E-state index contributed by atoms with van der Waals surface area (Å²) in [4.78, 5) is 18.2. The van der Waals surface area contributed by atoms with Crippen molar-refractivity contribution in [1.29, 1.82) is 0 Å². The van der Waals surface area contributed by atoms with Crippen molar-refractivity contribution in [2.45, 2.75) is 12.8 Å². The molecule has 2 rings (SSSR count). The molecule has 19 heavy (non-hydrogen) atoms. The number of ether oxygens (including phenoxy) is 1. The molecule has 6 nitrogen and oxygen atoms in total. The summed E-state index contributed by atoms with van der Waals surface area (Å²) >= 11 is 0. The first kappa shape index (κ1) is 13.8. The number of hydrogen-bond acceptors (Lipinski definition) is 5. The summed E-state index contributed by atoms with van der Waals surface area (Å²) in [6, 6.07) is 3.44. The number of nitrogens with zero attached hydrogens (tertiary/aromatic N) is 2. The minimum atomic E-state index is -0.0144. The molecule has 1 fully saturated rings. The maximum absolute atomic E-state index is 12.2. The number of rotatable bonds is 4. The fourth-order valence-corrected chi connectivity index (χ4v) is 2.31. The van der Waals surface area contributed by atoms with Crippen molar-refractivity contribution < 1.29 is 9.53 Å². The molecule has 1 aliphatic rings. The molecule has 1 amide bonds. The molecule has 104 valence electrons.